The number of alkyl halides is 1. The van der Waals surface area contributed by atoms with Crippen LogP contribution in [0.25, 0.3) is 0 Å². The predicted octanol–water partition coefficient (Wildman–Crippen LogP) is -2.46. The van der Waals surface area contributed by atoms with Gasteiger partial charge in [-0.15, -0.1) is 11.6 Å². The average molecular weight is 173 g/mol. The SMILES string of the molecule is O=C([O-])CCCCCCl.[Na+]. The van der Waals surface area contributed by atoms with Gasteiger partial charge in [0, 0.05) is 11.8 Å². The van der Waals surface area contributed by atoms with Crippen molar-refractivity contribution in [1.82, 2.24) is 0 Å². The summed E-state index contributed by atoms with van der Waals surface area (Å²) in [7, 11) is 0. The van der Waals surface area contributed by atoms with Gasteiger partial charge in [-0.05, 0) is 19.3 Å². The number of aliphatic carboxylic acids is 1. The number of carboxylic acids is 1. The number of halogens is 1. The minimum absolute atomic E-state index is 0. The molecule has 0 saturated carbocycles. The molecule has 0 bridgehead atoms. The van der Waals surface area contributed by atoms with Gasteiger partial charge in [0.25, 0.3) is 0 Å². The van der Waals surface area contributed by atoms with Crippen LogP contribution in [0.1, 0.15) is 25.7 Å². The van der Waals surface area contributed by atoms with E-state index < -0.39 is 5.97 Å². The van der Waals surface area contributed by atoms with Crippen molar-refractivity contribution in [3.63, 3.8) is 0 Å². The molecule has 54 valence electrons. The molecule has 0 rings (SSSR count). The Balaban J connectivity index is 0. The Morgan fingerprint density at radius 2 is 1.90 bits per heavy atom. The summed E-state index contributed by atoms with van der Waals surface area (Å²) in [5.74, 6) is -0.350. The quantitative estimate of drug-likeness (QED) is 0.262. The van der Waals surface area contributed by atoms with E-state index in [-0.39, 0.29) is 36.0 Å². The first kappa shape index (κ1) is 13.4. The molecule has 0 aliphatic rings. The maximum atomic E-state index is 9.82. The zero-order valence-electron chi connectivity index (χ0n) is 6.23. The van der Waals surface area contributed by atoms with E-state index in [1.165, 1.54) is 0 Å². The molecule has 0 aromatic rings. The van der Waals surface area contributed by atoms with Gasteiger partial charge in [0.2, 0.25) is 0 Å². The number of carbonyl (C=O) groups is 1. The molecule has 0 N–H and O–H groups in total. The van der Waals surface area contributed by atoms with Crippen LogP contribution in [0.15, 0.2) is 0 Å². The van der Waals surface area contributed by atoms with E-state index in [1.807, 2.05) is 0 Å². The molecule has 0 aliphatic carbocycles. The van der Waals surface area contributed by atoms with Gasteiger partial charge in [0.15, 0.2) is 0 Å². The molecule has 0 aliphatic heterocycles. The zero-order valence-corrected chi connectivity index (χ0v) is 8.99. The van der Waals surface area contributed by atoms with Crippen molar-refractivity contribution in [2.24, 2.45) is 0 Å². The Morgan fingerprint density at radius 3 is 2.30 bits per heavy atom. The monoisotopic (exact) mass is 172 g/mol. The number of unbranched alkanes of at least 4 members (excludes halogenated alkanes) is 2. The summed E-state index contributed by atoms with van der Waals surface area (Å²) >= 11 is 5.35. The van der Waals surface area contributed by atoms with E-state index in [0.29, 0.717) is 12.3 Å². The van der Waals surface area contributed by atoms with Gasteiger partial charge in [-0.25, -0.2) is 0 Å². The Hall–Kier alpha value is 0.760. The topological polar surface area (TPSA) is 40.1 Å². The van der Waals surface area contributed by atoms with Crippen LogP contribution < -0.4 is 34.7 Å². The second kappa shape index (κ2) is 9.76. The molecule has 0 aromatic heterocycles. The molecule has 0 amide bonds. The van der Waals surface area contributed by atoms with Gasteiger partial charge in [-0.1, -0.05) is 6.42 Å². The summed E-state index contributed by atoms with van der Waals surface area (Å²) in [6.45, 7) is 0. The minimum atomic E-state index is -0.968. The number of carboxylic acid groups (broad SMARTS) is 1. The van der Waals surface area contributed by atoms with Crippen LogP contribution in [0.3, 0.4) is 0 Å². The molecule has 2 nitrogen and oxygen atoms in total. The second-order valence-corrected chi connectivity index (χ2v) is 2.25. The van der Waals surface area contributed by atoms with Crippen molar-refractivity contribution in [3.8, 4) is 0 Å². The van der Waals surface area contributed by atoms with E-state index in [2.05, 4.69) is 0 Å². The fourth-order valence-electron chi connectivity index (χ4n) is 0.541. The summed E-state index contributed by atoms with van der Waals surface area (Å²) < 4.78 is 0. The largest absolute Gasteiger partial charge is 1.00 e. The fourth-order valence-corrected chi connectivity index (χ4v) is 0.730. The maximum absolute atomic E-state index is 9.82. The number of carbonyl (C=O) groups excluding carboxylic acids is 1. The standard InChI is InChI=1S/C6H11ClO2.Na/c7-5-3-1-2-4-6(8)9;/h1-5H2,(H,8,9);/q;+1/p-1. The molecule has 0 aromatic carbocycles. The summed E-state index contributed by atoms with van der Waals surface area (Å²) in [4.78, 5) is 9.82. The molecule has 0 radical (unpaired) electrons. The Bertz CT molecular complexity index is 87.8. The third-order valence-corrected chi connectivity index (χ3v) is 1.28. The van der Waals surface area contributed by atoms with Gasteiger partial charge in [-0.2, -0.15) is 0 Å². The van der Waals surface area contributed by atoms with E-state index in [0.717, 1.165) is 12.8 Å². The molecule has 10 heavy (non-hydrogen) atoms. The number of hydrogen-bond donors (Lipinski definition) is 0. The molecule has 0 saturated heterocycles. The van der Waals surface area contributed by atoms with Crippen LogP contribution in [0.5, 0.6) is 0 Å². The van der Waals surface area contributed by atoms with Crippen molar-refractivity contribution in [3.05, 3.63) is 0 Å². The smallest absolute Gasteiger partial charge is 0.550 e. The van der Waals surface area contributed by atoms with Crippen LogP contribution in [0.2, 0.25) is 0 Å². The van der Waals surface area contributed by atoms with Crippen molar-refractivity contribution in [2.75, 3.05) is 5.88 Å². The van der Waals surface area contributed by atoms with Crippen molar-refractivity contribution < 1.29 is 39.5 Å². The minimum Gasteiger partial charge on any atom is -0.550 e. The molecule has 4 heteroatoms. The molecular weight excluding hydrogens is 163 g/mol. The van der Waals surface area contributed by atoms with Crippen LogP contribution in [-0.4, -0.2) is 11.8 Å². The normalized spacial score (nSPS) is 8.50. The van der Waals surface area contributed by atoms with E-state index in [1.54, 1.807) is 0 Å². The van der Waals surface area contributed by atoms with Gasteiger partial charge in [-0.3, -0.25) is 0 Å². The summed E-state index contributed by atoms with van der Waals surface area (Å²) in [6, 6.07) is 0. The zero-order chi connectivity index (χ0) is 7.11. The van der Waals surface area contributed by atoms with Crippen molar-refractivity contribution in [2.45, 2.75) is 25.7 Å². The molecule has 0 unspecified atom stereocenters. The third-order valence-electron chi connectivity index (χ3n) is 1.01. The average Bonchev–Trinajstić information content (AvgIpc) is 1.80. The third kappa shape index (κ3) is 11.5. The summed E-state index contributed by atoms with van der Waals surface area (Å²) in [5.41, 5.74) is 0. The van der Waals surface area contributed by atoms with Gasteiger partial charge >= 0.3 is 29.6 Å². The number of rotatable bonds is 5. The van der Waals surface area contributed by atoms with Gasteiger partial charge < -0.3 is 9.90 Å². The second-order valence-electron chi connectivity index (χ2n) is 1.87. The van der Waals surface area contributed by atoms with Gasteiger partial charge in [0.05, 0.1) is 0 Å². The van der Waals surface area contributed by atoms with Crippen molar-refractivity contribution >= 4 is 17.6 Å². The van der Waals surface area contributed by atoms with Crippen molar-refractivity contribution in [1.29, 1.82) is 0 Å². The van der Waals surface area contributed by atoms with E-state index in [4.69, 9.17) is 11.6 Å². The molecule has 0 atom stereocenters. The summed E-state index contributed by atoms with van der Waals surface area (Å²) in [5, 5.41) is 9.82. The predicted molar refractivity (Wildman–Crippen MR) is 34.2 cm³/mol. The van der Waals surface area contributed by atoms with Crippen LogP contribution in [-0.2, 0) is 4.79 Å². The first-order chi connectivity index (χ1) is 4.27. The van der Waals surface area contributed by atoms with Crippen LogP contribution >= 0.6 is 11.6 Å². The van der Waals surface area contributed by atoms with E-state index in [9.17, 15) is 9.90 Å². The van der Waals surface area contributed by atoms with Crippen LogP contribution in [0, 0.1) is 0 Å². The Labute approximate surface area is 88.2 Å². The Kier molecular flexibility index (Phi) is 13.0. The fraction of sp³-hybridized carbons (Fsp3) is 0.833. The van der Waals surface area contributed by atoms with Gasteiger partial charge in [0.1, 0.15) is 0 Å². The van der Waals surface area contributed by atoms with E-state index >= 15 is 0 Å². The first-order valence-electron chi connectivity index (χ1n) is 3.03. The summed E-state index contributed by atoms with van der Waals surface area (Å²) in [6.07, 6.45) is 2.64. The Morgan fingerprint density at radius 1 is 1.30 bits per heavy atom. The molecular formula is C6H10ClNaO2. The van der Waals surface area contributed by atoms with Crippen LogP contribution in [0.4, 0.5) is 0 Å². The molecule has 0 spiro atoms. The molecule has 0 fully saturated rings. The first-order valence-corrected chi connectivity index (χ1v) is 3.56. The molecule has 0 heterocycles. The number of hydrogen-bond acceptors (Lipinski definition) is 2. The maximum Gasteiger partial charge on any atom is 1.00 e.